The highest BCUT2D eigenvalue weighted by molar-refractivity contribution is 5.97. The lowest BCUT2D eigenvalue weighted by atomic mass is 9.81. The van der Waals surface area contributed by atoms with Crippen LogP contribution in [0, 0.1) is 0 Å². The van der Waals surface area contributed by atoms with Crippen LogP contribution in [0.15, 0.2) is 23.4 Å². The number of carbonyl (C=O) groups is 1. The van der Waals surface area contributed by atoms with Gasteiger partial charge in [-0.15, -0.1) is 0 Å². The summed E-state index contributed by atoms with van der Waals surface area (Å²) in [5.41, 5.74) is 5.73. The lowest BCUT2D eigenvalue weighted by Crippen LogP contribution is -2.52. The molecule has 1 fully saturated rings. The largest absolute Gasteiger partial charge is 0.487 e. The van der Waals surface area contributed by atoms with Gasteiger partial charge in [0.05, 0.1) is 6.10 Å². The van der Waals surface area contributed by atoms with Gasteiger partial charge in [-0.2, -0.15) is 0 Å². The number of piperidine rings is 1. The lowest BCUT2D eigenvalue weighted by Gasteiger charge is -2.45. The Hall–Kier alpha value is -2.48. The maximum absolute atomic E-state index is 12.2. The lowest BCUT2D eigenvalue weighted by molar-refractivity contribution is -0.0569. The van der Waals surface area contributed by atoms with E-state index < -0.39 is 17.3 Å². The Kier molecular flexibility index (Phi) is 4.94. The van der Waals surface area contributed by atoms with E-state index in [-0.39, 0.29) is 11.9 Å². The number of fused-ring (bicyclic) bond motifs is 1. The number of carbonyl (C=O) groups excluding carboxylic acids is 1. The average Bonchev–Trinajstić information content (AvgIpc) is 2.60. The number of hydrogen-bond acceptors (Lipinski definition) is 6. The van der Waals surface area contributed by atoms with Crippen molar-refractivity contribution in [3.63, 3.8) is 0 Å². The van der Waals surface area contributed by atoms with E-state index in [1.54, 1.807) is 23.1 Å². The second-order valence-electron chi connectivity index (χ2n) is 8.21. The SMILES string of the molecule is CC(C)(C)OC(=O)N1CCC2(CC1)CC(O)c1cc(/C(N)=N/O)ccc1O2. The molecule has 1 unspecified atom stereocenters. The molecule has 1 saturated heterocycles. The summed E-state index contributed by atoms with van der Waals surface area (Å²) in [5, 5.41) is 22.5. The fourth-order valence-corrected chi connectivity index (χ4v) is 3.59. The summed E-state index contributed by atoms with van der Waals surface area (Å²) in [5.74, 6) is 0.574. The number of nitrogens with two attached hydrogens (primary N) is 1. The van der Waals surface area contributed by atoms with Gasteiger partial charge in [0.15, 0.2) is 5.84 Å². The summed E-state index contributed by atoms with van der Waals surface area (Å²) in [7, 11) is 0. The molecule has 8 nitrogen and oxygen atoms in total. The number of aliphatic hydroxyl groups excluding tert-OH is 1. The van der Waals surface area contributed by atoms with Crippen molar-refractivity contribution >= 4 is 11.9 Å². The van der Waals surface area contributed by atoms with Crippen LogP contribution in [0.1, 0.15) is 57.3 Å². The van der Waals surface area contributed by atoms with Crippen LogP contribution in [0.25, 0.3) is 0 Å². The molecule has 148 valence electrons. The second kappa shape index (κ2) is 6.92. The molecule has 0 aliphatic carbocycles. The Morgan fingerprint density at radius 2 is 2.04 bits per heavy atom. The van der Waals surface area contributed by atoms with E-state index in [0.717, 1.165) is 0 Å². The van der Waals surface area contributed by atoms with Gasteiger partial charge in [-0.05, 0) is 39.0 Å². The molecule has 2 aliphatic rings. The van der Waals surface area contributed by atoms with E-state index in [2.05, 4.69) is 5.16 Å². The molecule has 2 aliphatic heterocycles. The molecule has 3 rings (SSSR count). The third-order valence-electron chi connectivity index (χ3n) is 4.99. The molecule has 8 heteroatoms. The topological polar surface area (TPSA) is 118 Å². The number of oxime groups is 1. The summed E-state index contributed by atoms with van der Waals surface area (Å²) < 4.78 is 11.7. The van der Waals surface area contributed by atoms with Crippen molar-refractivity contribution in [3.8, 4) is 5.75 Å². The van der Waals surface area contributed by atoms with E-state index in [9.17, 15) is 9.90 Å². The van der Waals surface area contributed by atoms with E-state index in [0.29, 0.717) is 49.2 Å². The van der Waals surface area contributed by atoms with Crippen molar-refractivity contribution < 1.29 is 24.6 Å². The van der Waals surface area contributed by atoms with E-state index in [1.165, 1.54) is 0 Å². The standard InChI is InChI=1S/C19H27N3O5/c1-18(2,3)27-17(24)22-8-6-19(7-9-22)11-14(23)13-10-12(16(20)21-25)4-5-15(13)26-19/h4-5,10,14,23,25H,6-9,11H2,1-3H3,(H2,20,21). The Morgan fingerprint density at radius 1 is 1.37 bits per heavy atom. The van der Waals surface area contributed by atoms with Gasteiger partial charge in [-0.3, -0.25) is 0 Å². The number of nitrogens with zero attached hydrogens (tertiary/aromatic N) is 2. The Morgan fingerprint density at radius 3 is 2.63 bits per heavy atom. The van der Waals surface area contributed by atoms with Crippen LogP contribution in [0.5, 0.6) is 5.75 Å². The number of benzene rings is 1. The van der Waals surface area contributed by atoms with E-state index in [1.807, 2.05) is 20.8 Å². The second-order valence-corrected chi connectivity index (χ2v) is 8.21. The number of amidine groups is 1. The fourth-order valence-electron chi connectivity index (χ4n) is 3.59. The first-order valence-corrected chi connectivity index (χ1v) is 9.09. The first kappa shape index (κ1) is 19.3. The molecular weight excluding hydrogens is 350 g/mol. The zero-order valence-electron chi connectivity index (χ0n) is 15.9. The summed E-state index contributed by atoms with van der Waals surface area (Å²) >= 11 is 0. The first-order chi connectivity index (χ1) is 12.6. The van der Waals surface area contributed by atoms with Crippen molar-refractivity contribution in [2.75, 3.05) is 13.1 Å². The molecular formula is C19H27N3O5. The number of hydrogen-bond donors (Lipinski definition) is 3. The number of amides is 1. The molecule has 1 amide bonds. The van der Waals surface area contributed by atoms with Crippen molar-refractivity contribution in [1.82, 2.24) is 4.90 Å². The normalized spacial score (nSPS) is 22.1. The first-order valence-electron chi connectivity index (χ1n) is 9.09. The highest BCUT2D eigenvalue weighted by Gasteiger charge is 2.44. The molecule has 1 aromatic carbocycles. The minimum Gasteiger partial charge on any atom is -0.487 e. The van der Waals surface area contributed by atoms with E-state index >= 15 is 0 Å². The average molecular weight is 377 g/mol. The maximum Gasteiger partial charge on any atom is 0.410 e. The zero-order valence-corrected chi connectivity index (χ0v) is 15.9. The van der Waals surface area contributed by atoms with Crippen LogP contribution < -0.4 is 10.5 Å². The van der Waals surface area contributed by atoms with Gasteiger partial charge in [-0.1, -0.05) is 5.16 Å². The molecule has 0 aromatic heterocycles. The summed E-state index contributed by atoms with van der Waals surface area (Å²) in [6, 6.07) is 5.10. The molecule has 2 heterocycles. The van der Waals surface area contributed by atoms with Crippen molar-refractivity contribution in [2.45, 2.75) is 57.3 Å². The van der Waals surface area contributed by atoms with Crippen LogP contribution in [0.4, 0.5) is 4.79 Å². The maximum atomic E-state index is 12.2. The number of ether oxygens (including phenoxy) is 2. The van der Waals surface area contributed by atoms with Gasteiger partial charge in [-0.25, -0.2) is 4.79 Å². The molecule has 1 spiro atoms. The Labute approximate surface area is 158 Å². The van der Waals surface area contributed by atoms with Crippen LogP contribution in [0.3, 0.4) is 0 Å². The summed E-state index contributed by atoms with van der Waals surface area (Å²) in [6.45, 7) is 6.56. The third kappa shape index (κ3) is 4.10. The van der Waals surface area contributed by atoms with Gasteiger partial charge in [0.25, 0.3) is 0 Å². The van der Waals surface area contributed by atoms with Crippen molar-refractivity contribution in [1.29, 1.82) is 0 Å². The van der Waals surface area contributed by atoms with Gasteiger partial charge in [0.1, 0.15) is 17.0 Å². The minimum atomic E-state index is -0.715. The summed E-state index contributed by atoms with van der Waals surface area (Å²) in [4.78, 5) is 13.9. The predicted octanol–water partition coefficient (Wildman–Crippen LogP) is 2.37. The molecule has 1 atom stereocenters. The van der Waals surface area contributed by atoms with Crippen LogP contribution in [-0.2, 0) is 4.74 Å². The Bertz CT molecular complexity index is 748. The third-order valence-corrected chi connectivity index (χ3v) is 4.99. The highest BCUT2D eigenvalue weighted by Crippen LogP contribution is 2.44. The van der Waals surface area contributed by atoms with Crippen molar-refractivity contribution in [2.24, 2.45) is 10.9 Å². The van der Waals surface area contributed by atoms with E-state index in [4.69, 9.17) is 20.4 Å². The van der Waals surface area contributed by atoms with Crippen molar-refractivity contribution in [3.05, 3.63) is 29.3 Å². The number of likely N-dealkylation sites (tertiary alicyclic amines) is 1. The molecule has 0 radical (unpaired) electrons. The number of aliphatic hydroxyl groups is 1. The van der Waals surface area contributed by atoms with Gasteiger partial charge in [0.2, 0.25) is 0 Å². The van der Waals surface area contributed by atoms with Crippen LogP contribution >= 0.6 is 0 Å². The monoisotopic (exact) mass is 377 g/mol. The molecule has 0 saturated carbocycles. The molecule has 0 bridgehead atoms. The summed E-state index contributed by atoms with van der Waals surface area (Å²) in [6.07, 6.45) is 0.628. The fraction of sp³-hybridized carbons (Fsp3) is 0.579. The smallest absolute Gasteiger partial charge is 0.410 e. The van der Waals surface area contributed by atoms with Gasteiger partial charge < -0.3 is 30.4 Å². The van der Waals surface area contributed by atoms with Crippen LogP contribution in [-0.4, -0.2) is 51.4 Å². The molecule has 4 N–H and O–H groups in total. The predicted molar refractivity (Wildman–Crippen MR) is 98.9 cm³/mol. The zero-order chi connectivity index (χ0) is 19.8. The molecule has 1 aromatic rings. The van der Waals surface area contributed by atoms with Crippen LogP contribution in [0.2, 0.25) is 0 Å². The molecule has 27 heavy (non-hydrogen) atoms. The van der Waals surface area contributed by atoms with Gasteiger partial charge >= 0.3 is 6.09 Å². The number of rotatable bonds is 1. The Balaban J connectivity index is 1.71. The highest BCUT2D eigenvalue weighted by atomic mass is 16.6. The minimum absolute atomic E-state index is 0.0176. The quantitative estimate of drug-likeness (QED) is 0.299. The van der Waals surface area contributed by atoms with Gasteiger partial charge in [0, 0.05) is 43.5 Å².